The molecule has 0 saturated carbocycles. The normalized spacial score (nSPS) is 12.2. The van der Waals surface area contributed by atoms with Crippen molar-refractivity contribution >= 4 is 33.2 Å². The smallest absolute Gasteiger partial charge is 0.258 e. The second-order valence-electron chi connectivity index (χ2n) is 8.73. The zero-order valence-electron chi connectivity index (χ0n) is 20.6. The number of rotatable bonds is 9. The van der Waals surface area contributed by atoms with Gasteiger partial charge >= 0.3 is 0 Å². The molecule has 0 fully saturated rings. The van der Waals surface area contributed by atoms with E-state index in [2.05, 4.69) is 31.3 Å². The Hall–Kier alpha value is -3.03. The van der Waals surface area contributed by atoms with Gasteiger partial charge in [0, 0.05) is 5.02 Å². The van der Waals surface area contributed by atoms with Gasteiger partial charge in [-0.25, -0.2) is 8.42 Å². The van der Waals surface area contributed by atoms with Crippen LogP contribution in [0.25, 0.3) is 0 Å². The highest BCUT2D eigenvalue weighted by molar-refractivity contribution is 7.92. The Balaban J connectivity index is 1.63. The topological polar surface area (TPSA) is 75.7 Å². The number of sulfonamides is 1. The van der Waals surface area contributed by atoms with E-state index >= 15 is 0 Å². The van der Waals surface area contributed by atoms with Gasteiger partial charge in [0.2, 0.25) is 10.0 Å². The van der Waals surface area contributed by atoms with E-state index in [1.165, 1.54) is 15.4 Å². The number of amides is 1. The van der Waals surface area contributed by atoms with E-state index in [4.69, 9.17) is 16.3 Å². The van der Waals surface area contributed by atoms with Crippen molar-refractivity contribution in [3.63, 3.8) is 0 Å². The van der Waals surface area contributed by atoms with Gasteiger partial charge in [0.15, 0.2) is 6.61 Å². The minimum atomic E-state index is -3.55. The molecule has 1 atom stereocenters. The Morgan fingerprint density at radius 3 is 2.26 bits per heavy atom. The summed E-state index contributed by atoms with van der Waals surface area (Å²) >= 11 is 6.22. The van der Waals surface area contributed by atoms with Crippen molar-refractivity contribution in [1.82, 2.24) is 5.32 Å². The van der Waals surface area contributed by atoms with Crippen molar-refractivity contribution in [1.29, 1.82) is 0 Å². The lowest BCUT2D eigenvalue weighted by Gasteiger charge is -2.23. The van der Waals surface area contributed by atoms with Gasteiger partial charge < -0.3 is 10.1 Å². The molecule has 0 aliphatic heterocycles. The lowest BCUT2D eigenvalue weighted by molar-refractivity contribution is -0.123. The molecule has 3 rings (SSSR count). The lowest BCUT2D eigenvalue weighted by Crippen LogP contribution is -2.31. The molecule has 186 valence electrons. The quantitative estimate of drug-likeness (QED) is 0.410. The zero-order valence-corrected chi connectivity index (χ0v) is 22.2. The van der Waals surface area contributed by atoms with Gasteiger partial charge in [0.25, 0.3) is 5.91 Å². The summed E-state index contributed by atoms with van der Waals surface area (Å²) in [5.74, 6) is 0.223. The third kappa shape index (κ3) is 6.99. The van der Waals surface area contributed by atoms with E-state index in [0.717, 1.165) is 17.4 Å². The van der Waals surface area contributed by atoms with Crippen LogP contribution in [0.2, 0.25) is 5.02 Å². The number of ether oxygens (including phenoxy) is 1. The number of carbonyl (C=O) groups excluding carboxylic acids is 1. The number of hydrogen-bond acceptors (Lipinski definition) is 4. The Kier molecular flexibility index (Phi) is 8.46. The molecule has 6 nitrogen and oxygen atoms in total. The van der Waals surface area contributed by atoms with Crippen molar-refractivity contribution in [3.8, 4) is 5.75 Å². The number of carbonyl (C=O) groups is 1. The summed E-state index contributed by atoms with van der Waals surface area (Å²) < 4.78 is 31.8. The summed E-state index contributed by atoms with van der Waals surface area (Å²) in [6.07, 6.45) is 1.15. The van der Waals surface area contributed by atoms with Crippen LogP contribution >= 0.6 is 11.6 Å². The molecule has 0 aromatic heterocycles. The Bertz CT molecular complexity index is 1310. The largest absolute Gasteiger partial charge is 0.484 e. The number of hydrogen-bond donors (Lipinski definition) is 1. The number of nitrogens with one attached hydrogen (secondary N) is 1. The van der Waals surface area contributed by atoms with Crippen LogP contribution in [0.3, 0.4) is 0 Å². The summed E-state index contributed by atoms with van der Waals surface area (Å²) in [6, 6.07) is 17.8. The Morgan fingerprint density at radius 1 is 1.00 bits per heavy atom. The maximum absolute atomic E-state index is 12.5. The average Bonchev–Trinajstić information content (AvgIpc) is 2.79. The van der Waals surface area contributed by atoms with Gasteiger partial charge in [-0.15, -0.1) is 0 Å². The first-order valence-electron chi connectivity index (χ1n) is 11.3. The molecule has 35 heavy (non-hydrogen) atoms. The first-order valence-corrected chi connectivity index (χ1v) is 13.5. The number of benzene rings is 3. The highest BCUT2D eigenvalue weighted by Gasteiger charge is 2.19. The molecule has 0 saturated heterocycles. The van der Waals surface area contributed by atoms with Crippen molar-refractivity contribution in [2.45, 2.75) is 40.3 Å². The third-order valence-corrected chi connectivity index (χ3v) is 7.40. The fraction of sp³-hybridized carbons (Fsp3) is 0.296. The molecular weight excluding hydrogens is 484 g/mol. The van der Waals surface area contributed by atoms with E-state index in [9.17, 15) is 13.2 Å². The standard InChI is InChI=1S/C27H31ClN2O4S/c1-18-14-20(3)25(15-19(18)2)21(4)29-27(31)17-34-24-12-10-23(11-13-24)30(35(5,32)33)16-22-8-6-7-9-26(22)28/h6-15,21H,16-17H2,1-5H3,(H,29,31)/t21-/m0/s1. The van der Waals surface area contributed by atoms with Gasteiger partial charge in [-0.2, -0.15) is 0 Å². The first kappa shape index (κ1) is 26.6. The molecule has 3 aromatic rings. The van der Waals surface area contributed by atoms with Crippen LogP contribution < -0.4 is 14.4 Å². The monoisotopic (exact) mass is 514 g/mol. The SMILES string of the molecule is Cc1cc(C)c([C@H](C)NC(=O)COc2ccc(N(Cc3ccccc3Cl)S(C)(=O)=O)cc2)cc1C. The van der Waals surface area contributed by atoms with E-state index in [1.807, 2.05) is 19.9 Å². The zero-order chi connectivity index (χ0) is 25.8. The second kappa shape index (κ2) is 11.1. The van der Waals surface area contributed by atoms with Crippen LogP contribution in [-0.2, 0) is 21.4 Å². The van der Waals surface area contributed by atoms with E-state index in [-0.39, 0.29) is 25.1 Å². The van der Waals surface area contributed by atoms with Crippen molar-refractivity contribution < 1.29 is 17.9 Å². The molecule has 1 N–H and O–H groups in total. The molecule has 0 heterocycles. The molecule has 0 aliphatic carbocycles. The van der Waals surface area contributed by atoms with Gasteiger partial charge in [0.1, 0.15) is 5.75 Å². The molecular formula is C27H31ClN2O4S. The molecule has 8 heteroatoms. The Morgan fingerprint density at radius 2 is 1.63 bits per heavy atom. The van der Waals surface area contributed by atoms with Gasteiger partial charge in [-0.1, -0.05) is 41.9 Å². The van der Waals surface area contributed by atoms with Crippen LogP contribution in [0, 0.1) is 20.8 Å². The van der Waals surface area contributed by atoms with Crippen molar-refractivity contribution in [3.05, 3.63) is 93.5 Å². The van der Waals surface area contributed by atoms with Gasteiger partial charge in [0.05, 0.1) is 24.5 Å². The number of halogens is 1. The van der Waals surface area contributed by atoms with Crippen LogP contribution in [-0.4, -0.2) is 27.2 Å². The molecule has 0 aliphatic rings. The van der Waals surface area contributed by atoms with Crippen LogP contribution in [0.15, 0.2) is 60.7 Å². The highest BCUT2D eigenvalue weighted by Crippen LogP contribution is 2.26. The van der Waals surface area contributed by atoms with Crippen molar-refractivity contribution in [2.75, 3.05) is 17.2 Å². The summed E-state index contributed by atoms with van der Waals surface area (Å²) in [6.45, 7) is 8.07. The minimum absolute atomic E-state index is 0.108. The molecule has 0 radical (unpaired) electrons. The average molecular weight is 515 g/mol. The predicted octanol–water partition coefficient (Wildman–Crippen LogP) is 5.49. The number of nitrogens with zero attached hydrogens (tertiary/aromatic N) is 1. The molecule has 0 spiro atoms. The van der Waals surface area contributed by atoms with Crippen LogP contribution in [0.5, 0.6) is 5.75 Å². The first-order chi connectivity index (χ1) is 16.5. The second-order valence-corrected chi connectivity index (χ2v) is 11.0. The third-order valence-electron chi connectivity index (χ3n) is 5.89. The maximum Gasteiger partial charge on any atom is 0.258 e. The van der Waals surface area contributed by atoms with Gasteiger partial charge in [-0.05, 0) is 85.8 Å². The van der Waals surface area contributed by atoms with Crippen LogP contribution in [0.4, 0.5) is 5.69 Å². The fourth-order valence-electron chi connectivity index (χ4n) is 3.85. The molecule has 0 unspecified atom stereocenters. The summed E-state index contributed by atoms with van der Waals surface area (Å²) in [7, 11) is -3.55. The van der Waals surface area contributed by atoms with Gasteiger partial charge in [-0.3, -0.25) is 9.10 Å². The maximum atomic E-state index is 12.5. The molecule has 1 amide bonds. The van der Waals surface area contributed by atoms with E-state index < -0.39 is 10.0 Å². The Labute approximate surface area is 212 Å². The molecule has 0 bridgehead atoms. The summed E-state index contributed by atoms with van der Waals surface area (Å²) in [5.41, 5.74) is 5.78. The predicted molar refractivity (Wildman–Crippen MR) is 142 cm³/mol. The summed E-state index contributed by atoms with van der Waals surface area (Å²) in [4.78, 5) is 12.5. The summed E-state index contributed by atoms with van der Waals surface area (Å²) in [5, 5.41) is 3.47. The fourth-order valence-corrected chi connectivity index (χ4v) is 4.92. The van der Waals surface area contributed by atoms with Crippen LogP contribution in [0.1, 0.15) is 40.8 Å². The number of anilines is 1. The molecule has 3 aromatic carbocycles. The van der Waals surface area contributed by atoms with Crippen molar-refractivity contribution in [2.24, 2.45) is 0 Å². The number of aryl methyl sites for hydroxylation is 3. The highest BCUT2D eigenvalue weighted by atomic mass is 35.5. The lowest BCUT2D eigenvalue weighted by atomic mass is 9.96. The minimum Gasteiger partial charge on any atom is -0.484 e. The van der Waals surface area contributed by atoms with E-state index in [0.29, 0.717) is 22.0 Å². The van der Waals surface area contributed by atoms with E-state index in [1.54, 1.807) is 42.5 Å².